The van der Waals surface area contributed by atoms with Crippen LogP contribution in [0, 0.1) is 0 Å². The maximum Gasteiger partial charge on any atom is 0.193 e. The molecule has 0 saturated heterocycles. The van der Waals surface area contributed by atoms with E-state index in [1.807, 2.05) is 36.4 Å². The Morgan fingerprint density at radius 3 is 2.42 bits per heavy atom. The van der Waals surface area contributed by atoms with Crippen LogP contribution in [-0.4, -0.2) is 33.3 Å². The van der Waals surface area contributed by atoms with Gasteiger partial charge < -0.3 is 25.3 Å². The van der Waals surface area contributed by atoms with Gasteiger partial charge in [-0.15, -0.1) is 24.0 Å². The summed E-state index contributed by atoms with van der Waals surface area (Å²) in [6.07, 6.45) is 0. The molecule has 7 heteroatoms. The van der Waals surface area contributed by atoms with E-state index in [1.54, 1.807) is 26.4 Å². The van der Waals surface area contributed by atoms with Gasteiger partial charge in [-0.1, -0.05) is 18.2 Å². The van der Waals surface area contributed by atoms with Crippen molar-refractivity contribution in [2.24, 2.45) is 10.7 Å². The molecule has 2 aromatic carbocycles. The smallest absolute Gasteiger partial charge is 0.193 e. The van der Waals surface area contributed by atoms with Crippen molar-refractivity contribution < 1.29 is 14.2 Å². The summed E-state index contributed by atoms with van der Waals surface area (Å²) in [5, 5.41) is 3.00. The predicted octanol–water partition coefficient (Wildman–Crippen LogP) is 3.13. The highest BCUT2D eigenvalue weighted by Crippen LogP contribution is 2.29. The molecule has 0 atom stereocenters. The van der Waals surface area contributed by atoms with Gasteiger partial charge >= 0.3 is 0 Å². The summed E-state index contributed by atoms with van der Waals surface area (Å²) in [7, 11) is 3.17. The summed E-state index contributed by atoms with van der Waals surface area (Å²) in [4.78, 5) is 4.22. The quantitative estimate of drug-likeness (QED) is 0.298. The van der Waals surface area contributed by atoms with E-state index in [9.17, 15) is 0 Å². The molecule has 0 aromatic heterocycles. The number of hydrogen-bond acceptors (Lipinski definition) is 4. The molecular weight excluding hydrogens is 421 g/mol. The monoisotopic (exact) mass is 443 g/mol. The Morgan fingerprint density at radius 1 is 1.04 bits per heavy atom. The zero-order chi connectivity index (χ0) is 16.5. The number of ether oxygens (including phenoxy) is 3. The number of methoxy groups -OCH3 is 2. The highest BCUT2D eigenvalue weighted by Gasteiger charge is 2.04. The fraction of sp³-hybridized carbons (Fsp3) is 0.235. The van der Waals surface area contributed by atoms with Crippen molar-refractivity contribution in [3.05, 3.63) is 48.5 Å². The van der Waals surface area contributed by atoms with Gasteiger partial charge in [-0.2, -0.15) is 0 Å². The average molecular weight is 443 g/mol. The number of guanidine groups is 1. The van der Waals surface area contributed by atoms with Crippen LogP contribution in [0.2, 0.25) is 0 Å². The van der Waals surface area contributed by atoms with Crippen molar-refractivity contribution in [3.63, 3.8) is 0 Å². The number of hydrogen-bond donors (Lipinski definition) is 2. The van der Waals surface area contributed by atoms with E-state index in [2.05, 4.69) is 10.3 Å². The number of halogens is 1. The standard InChI is InChI=1S/C17H21N3O3.HI/c1-21-15-9-8-13(12-16(15)22-2)20-17(18)19-10-11-23-14-6-4-3-5-7-14;/h3-9,12H,10-11H2,1-2H3,(H3,18,19,20);1H. The lowest BCUT2D eigenvalue weighted by Gasteiger charge is -2.11. The van der Waals surface area contributed by atoms with E-state index in [0.717, 1.165) is 11.4 Å². The zero-order valence-electron chi connectivity index (χ0n) is 13.7. The SMILES string of the molecule is COc1ccc(NC(N)=NCCOc2ccccc2)cc1OC.I. The first-order chi connectivity index (χ1) is 11.2. The van der Waals surface area contributed by atoms with Crippen molar-refractivity contribution in [3.8, 4) is 17.2 Å². The molecule has 0 unspecified atom stereocenters. The van der Waals surface area contributed by atoms with Gasteiger partial charge in [0.15, 0.2) is 17.5 Å². The highest BCUT2D eigenvalue weighted by atomic mass is 127. The summed E-state index contributed by atoms with van der Waals surface area (Å²) < 4.78 is 16.0. The zero-order valence-corrected chi connectivity index (χ0v) is 16.0. The second-order valence-electron chi connectivity index (χ2n) is 4.62. The summed E-state index contributed by atoms with van der Waals surface area (Å²) in [6, 6.07) is 15.0. The van der Waals surface area contributed by atoms with Crippen molar-refractivity contribution >= 4 is 35.6 Å². The lowest BCUT2D eigenvalue weighted by Crippen LogP contribution is -2.23. The third-order valence-electron chi connectivity index (χ3n) is 3.04. The Labute approximate surface area is 159 Å². The molecule has 0 fully saturated rings. The van der Waals surface area contributed by atoms with E-state index in [1.165, 1.54) is 0 Å². The molecule has 0 aliphatic carbocycles. The minimum Gasteiger partial charge on any atom is -0.493 e. The van der Waals surface area contributed by atoms with Crippen LogP contribution in [0.1, 0.15) is 0 Å². The largest absolute Gasteiger partial charge is 0.493 e. The molecule has 6 nitrogen and oxygen atoms in total. The van der Waals surface area contributed by atoms with Crippen molar-refractivity contribution in [2.45, 2.75) is 0 Å². The summed E-state index contributed by atoms with van der Waals surface area (Å²) in [5.74, 6) is 2.41. The number of nitrogens with one attached hydrogen (secondary N) is 1. The molecule has 0 saturated carbocycles. The van der Waals surface area contributed by atoms with Gasteiger partial charge in [0.25, 0.3) is 0 Å². The van der Waals surface area contributed by atoms with Gasteiger partial charge in [-0.3, -0.25) is 0 Å². The maximum absolute atomic E-state index is 5.86. The Kier molecular flexibility index (Phi) is 8.77. The van der Waals surface area contributed by atoms with Gasteiger partial charge in [-0.05, 0) is 24.3 Å². The first kappa shape index (κ1) is 19.9. The highest BCUT2D eigenvalue weighted by molar-refractivity contribution is 14.0. The lowest BCUT2D eigenvalue weighted by atomic mass is 10.3. The summed E-state index contributed by atoms with van der Waals surface area (Å²) >= 11 is 0. The maximum atomic E-state index is 5.86. The van der Waals surface area contributed by atoms with E-state index >= 15 is 0 Å². The van der Waals surface area contributed by atoms with Crippen molar-refractivity contribution in [1.82, 2.24) is 0 Å². The molecule has 0 spiro atoms. The first-order valence-corrected chi connectivity index (χ1v) is 7.19. The average Bonchev–Trinajstić information content (AvgIpc) is 2.59. The van der Waals surface area contributed by atoms with Crippen LogP contribution in [0.15, 0.2) is 53.5 Å². The molecule has 0 bridgehead atoms. The number of aliphatic imine (C=N–C) groups is 1. The minimum absolute atomic E-state index is 0. The van der Waals surface area contributed by atoms with Gasteiger partial charge in [-0.25, -0.2) is 4.99 Å². The molecule has 0 aliphatic heterocycles. The minimum atomic E-state index is 0. The predicted molar refractivity (Wildman–Crippen MR) is 107 cm³/mol. The number of para-hydroxylation sites is 1. The molecule has 0 aliphatic rings. The molecular formula is C17H22IN3O3. The van der Waals surface area contributed by atoms with Gasteiger partial charge in [0, 0.05) is 11.8 Å². The Morgan fingerprint density at radius 2 is 1.75 bits per heavy atom. The van der Waals surface area contributed by atoms with Crippen LogP contribution in [0.5, 0.6) is 17.2 Å². The number of nitrogens with two attached hydrogens (primary N) is 1. The third-order valence-corrected chi connectivity index (χ3v) is 3.04. The molecule has 0 heterocycles. The van der Waals surface area contributed by atoms with Crippen molar-refractivity contribution in [1.29, 1.82) is 0 Å². The van der Waals surface area contributed by atoms with Gasteiger partial charge in [0.1, 0.15) is 12.4 Å². The van der Waals surface area contributed by atoms with Crippen LogP contribution in [0.3, 0.4) is 0 Å². The first-order valence-electron chi connectivity index (χ1n) is 7.19. The normalized spacial score (nSPS) is 10.5. The molecule has 130 valence electrons. The number of rotatable bonds is 7. The number of anilines is 1. The second kappa shape index (κ2) is 10.6. The van der Waals surface area contributed by atoms with Crippen molar-refractivity contribution in [2.75, 3.05) is 32.7 Å². The van der Waals surface area contributed by atoms with Crippen LogP contribution in [0.25, 0.3) is 0 Å². The molecule has 3 N–H and O–H groups in total. The number of nitrogens with zero attached hydrogens (tertiary/aromatic N) is 1. The molecule has 24 heavy (non-hydrogen) atoms. The summed E-state index contributed by atoms with van der Waals surface area (Å²) in [5.41, 5.74) is 6.63. The third kappa shape index (κ3) is 6.15. The molecule has 2 rings (SSSR count). The second-order valence-corrected chi connectivity index (χ2v) is 4.62. The lowest BCUT2D eigenvalue weighted by molar-refractivity contribution is 0.329. The van der Waals surface area contributed by atoms with Crippen LogP contribution >= 0.6 is 24.0 Å². The van der Waals surface area contributed by atoms with Crippen LogP contribution in [-0.2, 0) is 0 Å². The van der Waals surface area contributed by atoms with E-state index in [4.69, 9.17) is 19.9 Å². The Balaban J connectivity index is 0.00000288. The van der Waals surface area contributed by atoms with Gasteiger partial charge in [0.2, 0.25) is 0 Å². The number of benzene rings is 2. The van der Waals surface area contributed by atoms with Crippen LogP contribution in [0.4, 0.5) is 5.69 Å². The molecule has 0 radical (unpaired) electrons. The van der Waals surface area contributed by atoms with E-state index < -0.39 is 0 Å². The fourth-order valence-corrected chi connectivity index (χ4v) is 1.95. The molecule has 2 aromatic rings. The molecule has 0 amide bonds. The Hall–Kier alpha value is -2.16. The topological polar surface area (TPSA) is 78.1 Å². The van der Waals surface area contributed by atoms with Crippen LogP contribution < -0.4 is 25.3 Å². The Bertz CT molecular complexity index is 651. The van der Waals surface area contributed by atoms with Gasteiger partial charge in [0.05, 0.1) is 20.8 Å². The van der Waals surface area contributed by atoms with E-state index in [0.29, 0.717) is 30.6 Å². The van der Waals surface area contributed by atoms with E-state index in [-0.39, 0.29) is 24.0 Å². The summed E-state index contributed by atoms with van der Waals surface area (Å²) in [6.45, 7) is 0.916. The fourth-order valence-electron chi connectivity index (χ4n) is 1.95.